The molecule has 1 aromatic heterocycles. The Labute approximate surface area is 196 Å². The second-order valence-corrected chi connectivity index (χ2v) is 11.5. The van der Waals surface area contributed by atoms with Crippen LogP contribution in [0, 0.1) is 0 Å². The highest BCUT2D eigenvalue weighted by atomic mass is 35.5. The zero-order chi connectivity index (χ0) is 23.6. The van der Waals surface area contributed by atoms with Crippen LogP contribution in [0.5, 0.6) is 0 Å². The fraction of sp³-hybridized carbons (Fsp3) is 0.200. The third-order valence-corrected chi connectivity index (χ3v) is 7.90. The molecule has 33 heavy (non-hydrogen) atoms. The minimum Gasteiger partial charge on any atom is -0.339 e. The molecular formula is C20H21ClN6O4S2. The second kappa shape index (κ2) is 9.23. The number of sulfonamides is 2. The molecule has 1 saturated carbocycles. The predicted molar refractivity (Wildman–Crippen MR) is 127 cm³/mol. The van der Waals surface area contributed by atoms with Crippen LogP contribution in [0.3, 0.4) is 0 Å². The number of aromatic nitrogens is 2. The summed E-state index contributed by atoms with van der Waals surface area (Å²) in [7, 11) is -7.08. The molecule has 10 nitrogen and oxygen atoms in total. The molecule has 1 fully saturated rings. The summed E-state index contributed by atoms with van der Waals surface area (Å²) in [6.07, 6.45) is 2.84. The van der Waals surface area contributed by atoms with Gasteiger partial charge in [0, 0.05) is 17.9 Å². The number of hydrogen-bond acceptors (Lipinski definition) is 8. The Balaban J connectivity index is 1.44. The van der Waals surface area contributed by atoms with E-state index in [1.165, 1.54) is 18.3 Å². The van der Waals surface area contributed by atoms with Gasteiger partial charge in [0.2, 0.25) is 26.0 Å². The van der Waals surface area contributed by atoms with Crippen molar-refractivity contribution in [2.45, 2.75) is 29.5 Å². The topological polar surface area (TPSA) is 156 Å². The minimum absolute atomic E-state index is 0.0423. The van der Waals surface area contributed by atoms with Gasteiger partial charge >= 0.3 is 0 Å². The lowest BCUT2D eigenvalue weighted by molar-refractivity contribution is 0.580. The molecule has 13 heteroatoms. The third kappa shape index (κ3) is 6.18. The number of anilines is 4. The summed E-state index contributed by atoms with van der Waals surface area (Å²) < 4.78 is 49.6. The third-order valence-electron chi connectivity index (χ3n) is 4.82. The Hall–Kier alpha value is -2.77. The van der Waals surface area contributed by atoms with E-state index in [1.54, 1.807) is 36.4 Å². The van der Waals surface area contributed by atoms with Gasteiger partial charge in [0.05, 0.1) is 16.3 Å². The van der Waals surface area contributed by atoms with Gasteiger partial charge in [-0.2, -0.15) is 4.98 Å². The van der Waals surface area contributed by atoms with Crippen LogP contribution in [-0.4, -0.2) is 32.1 Å². The Bertz CT molecular complexity index is 1380. The van der Waals surface area contributed by atoms with Crippen molar-refractivity contribution >= 4 is 54.8 Å². The summed E-state index contributed by atoms with van der Waals surface area (Å²) in [6, 6.07) is 13.1. The van der Waals surface area contributed by atoms with E-state index < -0.39 is 20.0 Å². The largest absolute Gasteiger partial charge is 0.339 e. The van der Waals surface area contributed by atoms with Crippen molar-refractivity contribution < 1.29 is 16.8 Å². The van der Waals surface area contributed by atoms with Gasteiger partial charge in [-0.25, -0.2) is 31.7 Å². The molecule has 0 bridgehead atoms. The van der Waals surface area contributed by atoms with Crippen molar-refractivity contribution in [3.05, 3.63) is 65.3 Å². The first-order valence-corrected chi connectivity index (χ1v) is 13.3. The average molecular weight is 509 g/mol. The van der Waals surface area contributed by atoms with E-state index in [0.29, 0.717) is 30.0 Å². The van der Waals surface area contributed by atoms with Crippen molar-refractivity contribution in [1.29, 1.82) is 0 Å². The van der Waals surface area contributed by atoms with Crippen molar-refractivity contribution in [3.8, 4) is 0 Å². The van der Waals surface area contributed by atoms with Gasteiger partial charge in [-0.1, -0.05) is 29.8 Å². The SMILES string of the molecule is NS(=O)(=O)c1cccc(Nc2ncc(Cl)c(Nc3ccc(CNS(=O)(=O)C4CC4)cc3)n2)c1. The van der Waals surface area contributed by atoms with E-state index in [4.69, 9.17) is 16.7 Å². The number of nitrogens with zero attached hydrogens (tertiary/aromatic N) is 2. The summed E-state index contributed by atoms with van der Waals surface area (Å²) in [5.41, 5.74) is 1.94. The molecule has 1 aliphatic rings. The Morgan fingerprint density at radius 1 is 1.00 bits per heavy atom. The first-order chi connectivity index (χ1) is 15.6. The van der Waals surface area contributed by atoms with Crippen molar-refractivity contribution in [1.82, 2.24) is 14.7 Å². The summed E-state index contributed by atoms with van der Waals surface area (Å²) >= 11 is 6.21. The molecule has 1 aliphatic carbocycles. The summed E-state index contributed by atoms with van der Waals surface area (Å²) in [5.74, 6) is 0.526. The fourth-order valence-electron chi connectivity index (χ4n) is 2.92. The van der Waals surface area contributed by atoms with E-state index in [9.17, 15) is 16.8 Å². The molecule has 3 aromatic rings. The first kappa shape index (κ1) is 23.4. The lowest BCUT2D eigenvalue weighted by atomic mass is 10.2. The van der Waals surface area contributed by atoms with Crippen LogP contribution in [0.2, 0.25) is 5.02 Å². The quantitative estimate of drug-likeness (QED) is 0.343. The van der Waals surface area contributed by atoms with Gasteiger partial charge in [-0.3, -0.25) is 0 Å². The Kier molecular flexibility index (Phi) is 6.54. The van der Waals surface area contributed by atoms with E-state index in [0.717, 1.165) is 5.56 Å². The molecular weight excluding hydrogens is 488 g/mol. The van der Waals surface area contributed by atoms with Crippen molar-refractivity contribution in [3.63, 3.8) is 0 Å². The maximum atomic E-state index is 11.9. The van der Waals surface area contributed by atoms with Gasteiger partial charge < -0.3 is 10.6 Å². The van der Waals surface area contributed by atoms with E-state index in [1.807, 2.05) is 0 Å². The standard InChI is InChI=1S/C20H21ClN6O4S2/c21-18-12-23-20(26-15-2-1-3-17(10-15)32(22,28)29)27-19(18)25-14-6-4-13(5-7-14)11-24-33(30,31)16-8-9-16/h1-7,10,12,16,24H,8-9,11H2,(H2,22,28,29)(H2,23,25,26,27). The molecule has 0 unspecified atom stereocenters. The molecule has 4 rings (SSSR count). The monoisotopic (exact) mass is 508 g/mol. The fourth-order valence-corrected chi connectivity index (χ4v) is 4.98. The predicted octanol–water partition coefficient (Wildman–Crippen LogP) is 2.85. The van der Waals surface area contributed by atoms with Gasteiger partial charge in [0.15, 0.2) is 5.82 Å². The smallest absolute Gasteiger partial charge is 0.238 e. The molecule has 5 N–H and O–H groups in total. The van der Waals surface area contributed by atoms with Crippen LogP contribution in [0.1, 0.15) is 18.4 Å². The number of nitrogens with one attached hydrogen (secondary N) is 3. The van der Waals surface area contributed by atoms with Crippen LogP contribution in [0.25, 0.3) is 0 Å². The summed E-state index contributed by atoms with van der Waals surface area (Å²) in [5, 5.41) is 11.2. The number of nitrogens with two attached hydrogens (primary N) is 1. The van der Waals surface area contributed by atoms with Crippen LogP contribution < -0.4 is 20.5 Å². The van der Waals surface area contributed by atoms with Crippen LogP contribution in [0.4, 0.5) is 23.1 Å². The van der Waals surface area contributed by atoms with Crippen LogP contribution in [0.15, 0.2) is 59.6 Å². The summed E-state index contributed by atoms with van der Waals surface area (Å²) in [6.45, 7) is 0.221. The van der Waals surface area contributed by atoms with Crippen molar-refractivity contribution in [2.75, 3.05) is 10.6 Å². The maximum absolute atomic E-state index is 11.9. The molecule has 2 aromatic carbocycles. The lowest BCUT2D eigenvalue weighted by Gasteiger charge is -2.11. The second-order valence-electron chi connectivity index (χ2n) is 7.48. The lowest BCUT2D eigenvalue weighted by Crippen LogP contribution is -2.26. The molecule has 0 spiro atoms. The number of hydrogen-bond donors (Lipinski definition) is 4. The zero-order valence-corrected chi connectivity index (χ0v) is 19.6. The normalized spacial score (nSPS) is 14.1. The maximum Gasteiger partial charge on any atom is 0.238 e. The number of benzene rings is 2. The molecule has 0 aliphatic heterocycles. The molecule has 0 atom stereocenters. The molecule has 1 heterocycles. The molecule has 0 radical (unpaired) electrons. The van der Waals surface area contributed by atoms with Gasteiger partial charge in [-0.05, 0) is 48.7 Å². The molecule has 0 amide bonds. The number of halogens is 1. The van der Waals surface area contributed by atoms with E-state index in [-0.39, 0.29) is 27.7 Å². The van der Waals surface area contributed by atoms with E-state index >= 15 is 0 Å². The first-order valence-electron chi connectivity index (χ1n) is 9.87. The number of rotatable bonds is 9. The average Bonchev–Trinajstić information content (AvgIpc) is 3.62. The minimum atomic E-state index is -3.84. The Morgan fingerprint density at radius 3 is 2.39 bits per heavy atom. The molecule has 0 saturated heterocycles. The van der Waals surface area contributed by atoms with Gasteiger partial charge in [0.25, 0.3) is 0 Å². The zero-order valence-electron chi connectivity index (χ0n) is 17.2. The van der Waals surface area contributed by atoms with Gasteiger partial charge in [-0.15, -0.1) is 0 Å². The van der Waals surface area contributed by atoms with Crippen LogP contribution >= 0.6 is 11.6 Å². The highest BCUT2D eigenvalue weighted by molar-refractivity contribution is 7.90. The molecule has 174 valence electrons. The van der Waals surface area contributed by atoms with Gasteiger partial charge in [0.1, 0.15) is 5.02 Å². The summed E-state index contributed by atoms with van der Waals surface area (Å²) in [4.78, 5) is 8.40. The van der Waals surface area contributed by atoms with Crippen molar-refractivity contribution in [2.24, 2.45) is 5.14 Å². The highest BCUT2D eigenvalue weighted by Gasteiger charge is 2.35. The number of primary sulfonamides is 1. The highest BCUT2D eigenvalue weighted by Crippen LogP contribution is 2.28. The Morgan fingerprint density at radius 2 is 1.73 bits per heavy atom. The van der Waals surface area contributed by atoms with E-state index in [2.05, 4.69) is 25.3 Å². The van der Waals surface area contributed by atoms with Crippen LogP contribution in [-0.2, 0) is 26.6 Å².